The maximum Gasteiger partial charge on any atom is 0.164 e. The van der Waals surface area contributed by atoms with E-state index in [2.05, 4.69) is 11.9 Å². The molecule has 0 aliphatic carbocycles. The number of benzene rings is 1. The minimum atomic E-state index is 0.627. The number of hydrogen-bond donors (Lipinski definition) is 0. The summed E-state index contributed by atoms with van der Waals surface area (Å²) in [6, 6.07) is 7.72. The molecule has 3 heteroatoms. The summed E-state index contributed by atoms with van der Waals surface area (Å²) in [5.74, 6) is 0.702. The van der Waals surface area contributed by atoms with Gasteiger partial charge in [-0.15, -0.1) is 0 Å². The summed E-state index contributed by atoms with van der Waals surface area (Å²) in [5, 5.41) is 1.68. The SMILES string of the molecule is CCCCOc1c(Cl)ccc2cccnc12. The van der Waals surface area contributed by atoms with E-state index >= 15 is 0 Å². The first kappa shape index (κ1) is 11.2. The van der Waals surface area contributed by atoms with Crippen LogP contribution in [0.2, 0.25) is 5.02 Å². The largest absolute Gasteiger partial charge is 0.490 e. The third-order valence-electron chi connectivity index (χ3n) is 2.42. The molecule has 1 heterocycles. The predicted molar refractivity (Wildman–Crippen MR) is 67.2 cm³/mol. The van der Waals surface area contributed by atoms with Gasteiger partial charge in [-0.25, -0.2) is 0 Å². The molecule has 0 aliphatic heterocycles. The van der Waals surface area contributed by atoms with Crippen LogP contribution >= 0.6 is 11.6 Å². The summed E-state index contributed by atoms with van der Waals surface area (Å²) in [5.41, 5.74) is 0.839. The lowest BCUT2D eigenvalue weighted by Gasteiger charge is -2.09. The van der Waals surface area contributed by atoms with Crippen molar-refractivity contribution in [1.29, 1.82) is 0 Å². The van der Waals surface area contributed by atoms with Gasteiger partial charge in [0.1, 0.15) is 5.52 Å². The van der Waals surface area contributed by atoms with Gasteiger partial charge in [0.05, 0.1) is 11.6 Å². The van der Waals surface area contributed by atoms with Crippen molar-refractivity contribution in [3.63, 3.8) is 0 Å². The monoisotopic (exact) mass is 235 g/mol. The Morgan fingerprint density at radius 1 is 1.31 bits per heavy atom. The molecule has 0 N–H and O–H groups in total. The number of rotatable bonds is 4. The van der Waals surface area contributed by atoms with Crippen LogP contribution in [0.3, 0.4) is 0 Å². The normalized spacial score (nSPS) is 10.6. The van der Waals surface area contributed by atoms with Crippen LogP contribution in [0.4, 0.5) is 0 Å². The van der Waals surface area contributed by atoms with Crippen molar-refractivity contribution in [2.45, 2.75) is 19.8 Å². The zero-order valence-electron chi connectivity index (χ0n) is 9.24. The molecule has 0 bridgehead atoms. The van der Waals surface area contributed by atoms with E-state index in [9.17, 15) is 0 Å². The molecule has 0 aliphatic rings. The molecule has 16 heavy (non-hydrogen) atoms. The lowest BCUT2D eigenvalue weighted by molar-refractivity contribution is 0.312. The van der Waals surface area contributed by atoms with Crippen LogP contribution in [0, 0.1) is 0 Å². The Balaban J connectivity index is 2.37. The molecule has 2 aromatic rings. The highest BCUT2D eigenvalue weighted by molar-refractivity contribution is 6.33. The van der Waals surface area contributed by atoms with Crippen molar-refractivity contribution in [1.82, 2.24) is 4.98 Å². The van der Waals surface area contributed by atoms with Crippen LogP contribution < -0.4 is 4.74 Å². The molecule has 0 fully saturated rings. The van der Waals surface area contributed by atoms with Crippen molar-refractivity contribution < 1.29 is 4.74 Å². The molecule has 2 rings (SSSR count). The summed E-state index contributed by atoms with van der Waals surface area (Å²) < 4.78 is 5.70. The van der Waals surface area contributed by atoms with Gasteiger partial charge in [0.15, 0.2) is 5.75 Å². The first-order valence-electron chi connectivity index (χ1n) is 5.49. The van der Waals surface area contributed by atoms with E-state index in [1.165, 1.54) is 0 Å². The molecule has 0 radical (unpaired) electrons. The number of nitrogens with zero attached hydrogens (tertiary/aromatic N) is 1. The van der Waals surface area contributed by atoms with E-state index in [1.54, 1.807) is 6.20 Å². The molecule has 0 amide bonds. The second kappa shape index (κ2) is 5.17. The molecule has 0 unspecified atom stereocenters. The standard InChI is InChI=1S/C13H14ClNO/c1-2-3-9-16-13-11(14)7-6-10-5-4-8-15-12(10)13/h4-8H,2-3,9H2,1H3. The number of fused-ring (bicyclic) bond motifs is 1. The summed E-state index contributed by atoms with van der Waals surface area (Å²) in [6.07, 6.45) is 3.89. The molecule has 1 aromatic carbocycles. The Hall–Kier alpha value is -1.28. The first-order chi connectivity index (χ1) is 7.83. The Labute approximate surface area is 100 Å². The quantitative estimate of drug-likeness (QED) is 0.746. The Bertz CT molecular complexity index is 484. The highest BCUT2D eigenvalue weighted by Gasteiger charge is 2.07. The third kappa shape index (κ3) is 2.27. The average Bonchev–Trinajstić information content (AvgIpc) is 2.32. The molecule has 1 aromatic heterocycles. The van der Waals surface area contributed by atoms with Gasteiger partial charge in [-0.3, -0.25) is 4.98 Å². The number of ether oxygens (including phenoxy) is 1. The second-order valence-electron chi connectivity index (χ2n) is 3.65. The van der Waals surface area contributed by atoms with Crippen molar-refractivity contribution in [3.05, 3.63) is 35.5 Å². The van der Waals surface area contributed by atoms with Crippen LogP contribution in [0.5, 0.6) is 5.75 Å². The second-order valence-corrected chi connectivity index (χ2v) is 4.06. The van der Waals surface area contributed by atoms with Crippen LogP contribution in [0.15, 0.2) is 30.5 Å². The third-order valence-corrected chi connectivity index (χ3v) is 2.72. The molecular weight excluding hydrogens is 222 g/mol. The summed E-state index contributed by atoms with van der Waals surface area (Å²) in [7, 11) is 0. The van der Waals surface area contributed by atoms with E-state index in [-0.39, 0.29) is 0 Å². The topological polar surface area (TPSA) is 22.1 Å². The number of hydrogen-bond acceptors (Lipinski definition) is 2. The van der Waals surface area contributed by atoms with E-state index in [0.29, 0.717) is 17.4 Å². The number of pyridine rings is 1. The smallest absolute Gasteiger partial charge is 0.164 e. The zero-order valence-corrected chi connectivity index (χ0v) is 10.00. The highest BCUT2D eigenvalue weighted by atomic mass is 35.5. The predicted octanol–water partition coefficient (Wildman–Crippen LogP) is 4.07. The summed E-state index contributed by atoms with van der Waals surface area (Å²) in [6.45, 7) is 2.82. The minimum Gasteiger partial charge on any atom is -0.490 e. The Morgan fingerprint density at radius 2 is 2.19 bits per heavy atom. The van der Waals surface area contributed by atoms with Gasteiger partial charge >= 0.3 is 0 Å². The van der Waals surface area contributed by atoms with Gasteiger partial charge < -0.3 is 4.74 Å². The van der Waals surface area contributed by atoms with Gasteiger partial charge in [0.2, 0.25) is 0 Å². The van der Waals surface area contributed by atoms with Crippen LogP contribution in [-0.4, -0.2) is 11.6 Å². The Morgan fingerprint density at radius 3 is 3.00 bits per heavy atom. The number of aromatic nitrogens is 1. The first-order valence-corrected chi connectivity index (χ1v) is 5.86. The molecule has 2 nitrogen and oxygen atoms in total. The van der Waals surface area contributed by atoms with Gasteiger partial charge in [-0.2, -0.15) is 0 Å². The van der Waals surface area contributed by atoms with Crippen molar-refractivity contribution in [2.75, 3.05) is 6.61 Å². The van der Waals surface area contributed by atoms with Gasteiger partial charge in [-0.1, -0.05) is 37.1 Å². The molecule has 0 saturated carbocycles. The maximum absolute atomic E-state index is 6.12. The summed E-state index contributed by atoms with van der Waals surface area (Å²) in [4.78, 5) is 4.31. The number of unbranched alkanes of at least 4 members (excludes halogenated alkanes) is 1. The molecule has 84 valence electrons. The molecular formula is C13H14ClNO. The fourth-order valence-electron chi connectivity index (χ4n) is 1.55. The van der Waals surface area contributed by atoms with E-state index < -0.39 is 0 Å². The maximum atomic E-state index is 6.12. The van der Waals surface area contributed by atoms with E-state index in [1.807, 2.05) is 24.3 Å². The fourth-order valence-corrected chi connectivity index (χ4v) is 1.76. The average molecular weight is 236 g/mol. The Kier molecular flexibility index (Phi) is 3.62. The molecule has 0 spiro atoms. The summed E-state index contributed by atoms with van der Waals surface area (Å²) >= 11 is 6.12. The molecule has 0 saturated heterocycles. The molecule has 0 atom stereocenters. The lowest BCUT2D eigenvalue weighted by atomic mass is 10.2. The van der Waals surface area contributed by atoms with Gasteiger partial charge in [0.25, 0.3) is 0 Å². The van der Waals surface area contributed by atoms with E-state index in [4.69, 9.17) is 16.3 Å². The van der Waals surface area contributed by atoms with Crippen LogP contribution in [0.1, 0.15) is 19.8 Å². The lowest BCUT2D eigenvalue weighted by Crippen LogP contribution is -1.98. The number of halogens is 1. The van der Waals surface area contributed by atoms with Crippen LogP contribution in [-0.2, 0) is 0 Å². The zero-order chi connectivity index (χ0) is 11.4. The van der Waals surface area contributed by atoms with Crippen molar-refractivity contribution in [2.24, 2.45) is 0 Å². The van der Waals surface area contributed by atoms with Crippen molar-refractivity contribution >= 4 is 22.5 Å². The van der Waals surface area contributed by atoms with Gasteiger partial charge in [0, 0.05) is 11.6 Å². The van der Waals surface area contributed by atoms with Gasteiger partial charge in [-0.05, 0) is 18.6 Å². The van der Waals surface area contributed by atoms with Crippen molar-refractivity contribution in [3.8, 4) is 5.75 Å². The van der Waals surface area contributed by atoms with Crippen LogP contribution in [0.25, 0.3) is 10.9 Å². The minimum absolute atomic E-state index is 0.627. The highest BCUT2D eigenvalue weighted by Crippen LogP contribution is 2.31. The fraction of sp³-hybridized carbons (Fsp3) is 0.308. The van der Waals surface area contributed by atoms with E-state index in [0.717, 1.165) is 23.7 Å².